The Balaban J connectivity index is 2.48. The minimum atomic E-state index is 0.0479. The summed E-state index contributed by atoms with van der Waals surface area (Å²) in [6.45, 7) is 2.04. The zero-order valence-electron chi connectivity index (χ0n) is 10.0. The Hall–Kier alpha value is -1.94. The Morgan fingerprint density at radius 1 is 1.12 bits per heavy atom. The lowest BCUT2D eigenvalue weighted by molar-refractivity contribution is 0.685. The SMILES string of the molecule is CNC(c1ccncc1C)c1cnccc1N. The van der Waals surface area contributed by atoms with Crippen molar-refractivity contribution in [2.45, 2.75) is 13.0 Å². The number of rotatable bonds is 3. The van der Waals surface area contributed by atoms with Crippen LogP contribution in [0.2, 0.25) is 0 Å². The molecule has 0 bridgehead atoms. The van der Waals surface area contributed by atoms with Gasteiger partial charge in [-0.25, -0.2) is 0 Å². The number of nitrogens with one attached hydrogen (secondary N) is 1. The number of pyridine rings is 2. The third-order valence-electron chi connectivity index (χ3n) is 2.86. The molecule has 0 aliphatic carbocycles. The number of nitrogens with two attached hydrogens (primary N) is 1. The van der Waals surface area contributed by atoms with Crippen molar-refractivity contribution in [2.24, 2.45) is 0 Å². The van der Waals surface area contributed by atoms with Gasteiger partial charge < -0.3 is 11.1 Å². The Bertz CT molecular complexity index is 465. The molecule has 0 saturated heterocycles. The molecule has 0 saturated carbocycles. The molecule has 88 valence electrons. The first-order chi connectivity index (χ1) is 8.24. The van der Waals surface area contributed by atoms with Crippen LogP contribution in [0.1, 0.15) is 22.7 Å². The second-order valence-corrected chi connectivity index (χ2v) is 3.96. The lowest BCUT2D eigenvalue weighted by Crippen LogP contribution is -2.20. The summed E-state index contributed by atoms with van der Waals surface area (Å²) >= 11 is 0. The van der Waals surface area contributed by atoms with Crippen molar-refractivity contribution in [1.29, 1.82) is 0 Å². The van der Waals surface area contributed by atoms with Crippen LogP contribution in [0.25, 0.3) is 0 Å². The van der Waals surface area contributed by atoms with Gasteiger partial charge in [-0.2, -0.15) is 0 Å². The van der Waals surface area contributed by atoms with Crippen LogP contribution in [-0.2, 0) is 0 Å². The summed E-state index contributed by atoms with van der Waals surface area (Å²) in [5, 5.41) is 3.27. The average molecular weight is 228 g/mol. The molecule has 3 N–H and O–H groups in total. The molecule has 0 fully saturated rings. The van der Waals surface area contributed by atoms with E-state index in [2.05, 4.69) is 15.3 Å². The lowest BCUT2D eigenvalue weighted by atomic mass is 9.97. The highest BCUT2D eigenvalue weighted by molar-refractivity contribution is 5.50. The second kappa shape index (κ2) is 4.93. The molecular weight excluding hydrogens is 212 g/mol. The zero-order chi connectivity index (χ0) is 12.3. The third kappa shape index (κ3) is 2.26. The highest BCUT2D eigenvalue weighted by Crippen LogP contribution is 2.27. The average Bonchev–Trinajstić information content (AvgIpc) is 2.34. The minimum absolute atomic E-state index is 0.0479. The fourth-order valence-electron chi connectivity index (χ4n) is 1.95. The van der Waals surface area contributed by atoms with Crippen LogP contribution in [-0.4, -0.2) is 17.0 Å². The monoisotopic (exact) mass is 228 g/mol. The van der Waals surface area contributed by atoms with E-state index in [9.17, 15) is 0 Å². The first kappa shape index (κ1) is 11.5. The molecule has 4 heteroatoms. The van der Waals surface area contributed by atoms with Crippen LogP contribution in [0.3, 0.4) is 0 Å². The van der Waals surface area contributed by atoms with Gasteiger partial charge in [-0.1, -0.05) is 0 Å². The molecule has 0 radical (unpaired) electrons. The summed E-state index contributed by atoms with van der Waals surface area (Å²) in [6, 6.07) is 3.87. The quantitative estimate of drug-likeness (QED) is 0.839. The molecule has 0 aliphatic rings. The molecule has 2 aromatic rings. The second-order valence-electron chi connectivity index (χ2n) is 3.96. The summed E-state index contributed by atoms with van der Waals surface area (Å²) in [5.74, 6) is 0. The number of aryl methyl sites for hydroxylation is 1. The highest BCUT2D eigenvalue weighted by Gasteiger charge is 2.16. The van der Waals surface area contributed by atoms with E-state index in [1.165, 1.54) is 5.56 Å². The minimum Gasteiger partial charge on any atom is -0.398 e. The van der Waals surface area contributed by atoms with E-state index in [1.54, 1.807) is 18.6 Å². The van der Waals surface area contributed by atoms with Crippen molar-refractivity contribution in [3.8, 4) is 0 Å². The summed E-state index contributed by atoms with van der Waals surface area (Å²) in [7, 11) is 1.91. The molecule has 1 atom stereocenters. The van der Waals surface area contributed by atoms with Gasteiger partial charge in [-0.15, -0.1) is 0 Å². The van der Waals surface area contributed by atoms with Crippen molar-refractivity contribution in [1.82, 2.24) is 15.3 Å². The first-order valence-electron chi connectivity index (χ1n) is 5.51. The molecule has 2 heterocycles. The molecule has 0 amide bonds. The Labute approximate surface area is 101 Å². The van der Waals surface area contributed by atoms with E-state index in [4.69, 9.17) is 5.73 Å². The van der Waals surface area contributed by atoms with E-state index in [0.717, 1.165) is 16.8 Å². The summed E-state index contributed by atoms with van der Waals surface area (Å²) in [4.78, 5) is 8.24. The fourth-order valence-corrected chi connectivity index (χ4v) is 1.95. The van der Waals surface area contributed by atoms with Gasteiger partial charge in [0.25, 0.3) is 0 Å². The topological polar surface area (TPSA) is 63.8 Å². The smallest absolute Gasteiger partial charge is 0.0613 e. The van der Waals surface area contributed by atoms with E-state index < -0.39 is 0 Å². The molecular formula is C13H16N4. The molecule has 4 nitrogen and oxygen atoms in total. The van der Waals surface area contributed by atoms with Gasteiger partial charge in [-0.05, 0) is 37.2 Å². The maximum Gasteiger partial charge on any atom is 0.0613 e. The molecule has 1 unspecified atom stereocenters. The van der Waals surface area contributed by atoms with E-state index in [1.807, 2.05) is 32.3 Å². The van der Waals surface area contributed by atoms with Crippen molar-refractivity contribution in [3.63, 3.8) is 0 Å². The van der Waals surface area contributed by atoms with Crippen LogP contribution in [0.4, 0.5) is 5.69 Å². The number of nitrogens with zero attached hydrogens (tertiary/aromatic N) is 2. The lowest BCUT2D eigenvalue weighted by Gasteiger charge is -2.20. The van der Waals surface area contributed by atoms with E-state index >= 15 is 0 Å². The molecule has 2 rings (SSSR count). The Morgan fingerprint density at radius 3 is 2.47 bits per heavy atom. The molecule has 0 aliphatic heterocycles. The van der Waals surface area contributed by atoms with Crippen molar-refractivity contribution in [3.05, 3.63) is 53.6 Å². The van der Waals surface area contributed by atoms with Gasteiger partial charge in [0.05, 0.1) is 6.04 Å². The summed E-state index contributed by atoms with van der Waals surface area (Å²) in [5.41, 5.74) is 10.0. The first-order valence-corrected chi connectivity index (χ1v) is 5.51. The number of hydrogen-bond acceptors (Lipinski definition) is 4. The predicted molar refractivity (Wildman–Crippen MR) is 68.5 cm³/mol. The van der Waals surface area contributed by atoms with Gasteiger partial charge in [-0.3, -0.25) is 9.97 Å². The molecule has 17 heavy (non-hydrogen) atoms. The number of aromatic nitrogens is 2. The Morgan fingerprint density at radius 2 is 1.82 bits per heavy atom. The van der Waals surface area contributed by atoms with Gasteiger partial charge in [0.1, 0.15) is 0 Å². The van der Waals surface area contributed by atoms with Crippen molar-refractivity contribution >= 4 is 5.69 Å². The number of hydrogen-bond donors (Lipinski definition) is 2. The highest BCUT2D eigenvalue weighted by atomic mass is 14.9. The fraction of sp³-hybridized carbons (Fsp3) is 0.231. The number of nitrogen functional groups attached to an aromatic ring is 1. The van der Waals surface area contributed by atoms with Gasteiger partial charge in [0.15, 0.2) is 0 Å². The van der Waals surface area contributed by atoms with Crippen LogP contribution < -0.4 is 11.1 Å². The standard InChI is InChI=1S/C13H16N4/c1-9-7-16-5-3-10(9)13(15-2)11-8-17-6-4-12(11)14/h3-8,13,15H,1-2H3,(H2,14,17). The number of anilines is 1. The largest absolute Gasteiger partial charge is 0.398 e. The van der Waals surface area contributed by atoms with Crippen LogP contribution >= 0.6 is 0 Å². The molecule has 0 aromatic carbocycles. The van der Waals surface area contributed by atoms with E-state index in [-0.39, 0.29) is 6.04 Å². The van der Waals surface area contributed by atoms with Crippen molar-refractivity contribution < 1.29 is 0 Å². The maximum absolute atomic E-state index is 5.99. The Kier molecular flexibility index (Phi) is 3.35. The van der Waals surface area contributed by atoms with Crippen molar-refractivity contribution in [2.75, 3.05) is 12.8 Å². The predicted octanol–water partition coefficient (Wildman–Crippen LogP) is 1.68. The third-order valence-corrected chi connectivity index (χ3v) is 2.86. The molecule has 2 aromatic heterocycles. The summed E-state index contributed by atoms with van der Waals surface area (Å²) < 4.78 is 0. The van der Waals surface area contributed by atoms with Crippen LogP contribution in [0.15, 0.2) is 36.9 Å². The maximum atomic E-state index is 5.99. The zero-order valence-corrected chi connectivity index (χ0v) is 10.0. The van der Waals surface area contributed by atoms with Crippen LogP contribution in [0, 0.1) is 6.92 Å². The van der Waals surface area contributed by atoms with E-state index in [0.29, 0.717) is 0 Å². The summed E-state index contributed by atoms with van der Waals surface area (Å²) in [6.07, 6.45) is 7.15. The molecule has 0 spiro atoms. The van der Waals surface area contributed by atoms with Gasteiger partial charge in [0.2, 0.25) is 0 Å². The normalized spacial score (nSPS) is 12.4. The van der Waals surface area contributed by atoms with Crippen LogP contribution in [0.5, 0.6) is 0 Å². The van der Waals surface area contributed by atoms with Gasteiger partial charge in [0, 0.05) is 36.0 Å². The van der Waals surface area contributed by atoms with Gasteiger partial charge >= 0.3 is 0 Å².